The Balaban J connectivity index is 1.40. The number of imidazole rings is 1. The minimum Gasteiger partial charge on any atom is -0.383 e. The van der Waals surface area contributed by atoms with E-state index in [1.165, 1.54) is 18.3 Å². The minimum absolute atomic E-state index is 0.281. The van der Waals surface area contributed by atoms with Gasteiger partial charge in [0.25, 0.3) is 0 Å². The Hall–Kier alpha value is -4.49. The predicted molar refractivity (Wildman–Crippen MR) is 147 cm³/mol. The van der Waals surface area contributed by atoms with E-state index in [2.05, 4.69) is 37.0 Å². The summed E-state index contributed by atoms with van der Waals surface area (Å²) in [5, 5.41) is 26.0. The number of nitriles is 1. The first-order valence-electron chi connectivity index (χ1n) is 13.0. The van der Waals surface area contributed by atoms with Crippen LogP contribution >= 0.6 is 11.6 Å². The number of aryl methyl sites for hydroxylation is 1. The second-order valence-corrected chi connectivity index (χ2v) is 9.87. The van der Waals surface area contributed by atoms with Gasteiger partial charge in [-0.3, -0.25) is 4.98 Å². The molecule has 0 bridgehead atoms. The number of anilines is 2. The first-order valence-corrected chi connectivity index (χ1v) is 12.9. The topological polar surface area (TPSA) is 109 Å². The van der Waals surface area contributed by atoms with Crippen molar-refractivity contribution in [3.8, 4) is 6.07 Å². The first-order chi connectivity index (χ1) is 19.4. The normalized spacial score (nSPS) is 15.0. The lowest BCUT2D eigenvalue weighted by Crippen LogP contribution is -2.13. The predicted octanol–water partition coefficient (Wildman–Crippen LogP) is 5.41. The van der Waals surface area contributed by atoms with Crippen molar-refractivity contribution < 1.29 is 5.76 Å². The van der Waals surface area contributed by atoms with Gasteiger partial charge in [0.15, 0.2) is 0 Å². The van der Waals surface area contributed by atoms with E-state index in [9.17, 15) is 11.0 Å². The number of pyridine rings is 1. The number of hydrogen-bond acceptors (Lipinski definition) is 7. The van der Waals surface area contributed by atoms with E-state index in [0.717, 1.165) is 18.7 Å². The fourth-order valence-corrected chi connectivity index (χ4v) is 4.77. The van der Waals surface area contributed by atoms with Crippen molar-refractivity contribution >= 4 is 33.9 Å². The van der Waals surface area contributed by atoms with E-state index in [1.54, 1.807) is 41.3 Å². The van der Waals surface area contributed by atoms with E-state index in [4.69, 9.17) is 11.6 Å². The maximum atomic E-state index is 13.8. The summed E-state index contributed by atoms with van der Waals surface area (Å²) in [5.41, 5.74) is 2.81. The number of aromatic nitrogens is 6. The number of nitrogens with zero attached hydrogens (tertiary/aromatic N) is 7. The molecular formula is C28H25ClFN9. The average molecular weight is 543 g/mol. The van der Waals surface area contributed by atoms with Crippen molar-refractivity contribution in [1.29, 1.82) is 5.26 Å². The molecule has 3 aromatic heterocycles. The molecule has 1 saturated carbocycles. The lowest BCUT2D eigenvalue weighted by Gasteiger charge is -2.20. The highest BCUT2D eigenvalue weighted by Crippen LogP contribution is 2.37. The van der Waals surface area contributed by atoms with Crippen molar-refractivity contribution in [2.45, 2.75) is 31.3 Å². The van der Waals surface area contributed by atoms with E-state index in [1.807, 2.05) is 17.8 Å². The van der Waals surface area contributed by atoms with Gasteiger partial charge in [0.1, 0.15) is 23.4 Å². The van der Waals surface area contributed by atoms with Gasteiger partial charge >= 0.3 is 0 Å². The summed E-state index contributed by atoms with van der Waals surface area (Å²) >= 11 is 6.69. The molecule has 39 heavy (non-hydrogen) atoms. The number of halogens is 2. The highest BCUT2D eigenvalue weighted by atomic mass is 35.5. The van der Waals surface area contributed by atoms with Crippen LogP contribution in [0.15, 0.2) is 61.2 Å². The molecule has 6 rings (SSSR count). The second kappa shape index (κ2) is 10.3. The molecule has 1 atom stereocenters. The highest BCUT2D eigenvalue weighted by Gasteiger charge is 2.27. The summed E-state index contributed by atoms with van der Waals surface area (Å²) < 4.78 is 27.0. The van der Waals surface area contributed by atoms with Crippen LogP contribution in [0.3, 0.4) is 0 Å². The van der Waals surface area contributed by atoms with Gasteiger partial charge in [-0.2, -0.15) is 5.26 Å². The monoisotopic (exact) mass is 542 g/mol. The maximum absolute atomic E-state index is 13.8. The smallest absolute Gasteiger partial charge is 0.123 e. The van der Waals surface area contributed by atoms with Gasteiger partial charge in [-0.15, -0.1) is 5.10 Å². The fourth-order valence-electron chi connectivity index (χ4n) is 4.50. The van der Waals surface area contributed by atoms with Gasteiger partial charge in [-0.1, -0.05) is 28.9 Å². The van der Waals surface area contributed by atoms with Crippen LogP contribution in [0.5, 0.6) is 0 Å². The Bertz CT molecular complexity index is 1740. The molecule has 1 fully saturated rings. The lowest BCUT2D eigenvalue weighted by atomic mass is 10.0. The number of rotatable bonds is 9. The average Bonchev–Trinajstić information content (AvgIpc) is 3.52. The summed E-state index contributed by atoms with van der Waals surface area (Å²) in [6.45, 7) is 0.524. The summed E-state index contributed by atoms with van der Waals surface area (Å²) in [4.78, 5) is 8.78. The lowest BCUT2D eigenvalue weighted by molar-refractivity contribution is 0.610. The zero-order valence-electron chi connectivity index (χ0n) is 22.1. The second-order valence-electron chi connectivity index (χ2n) is 9.47. The molecule has 2 N–H and O–H groups in total. The van der Waals surface area contributed by atoms with Crippen molar-refractivity contribution in [2.24, 2.45) is 7.05 Å². The fraction of sp³-hybridized carbons (Fsp3) is 0.250. The number of nitrogens with one attached hydrogen (secondary N) is 2. The van der Waals surface area contributed by atoms with Crippen LogP contribution in [-0.4, -0.2) is 36.1 Å². The molecule has 0 saturated heterocycles. The molecule has 9 nitrogen and oxygen atoms in total. The molecule has 1 unspecified atom stereocenters. The van der Waals surface area contributed by atoms with Gasteiger partial charge in [-0.05, 0) is 42.7 Å². The molecule has 0 amide bonds. The molecule has 0 aliphatic heterocycles. The van der Waals surface area contributed by atoms with E-state index < -0.39 is 11.8 Å². The Morgan fingerprint density at radius 2 is 2.08 bits per heavy atom. The number of hydrogen-bond donors (Lipinski definition) is 2. The van der Waals surface area contributed by atoms with Crippen molar-refractivity contribution in [3.63, 3.8) is 0 Å². The molecule has 196 valence electrons. The number of fused-ring (bicyclic) bond motifs is 1. The quantitative estimate of drug-likeness (QED) is 0.256. The van der Waals surface area contributed by atoms with Crippen LogP contribution in [0.4, 0.5) is 15.8 Å². The molecule has 5 aromatic rings. The molecule has 2 aromatic carbocycles. The van der Waals surface area contributed by atoms with Crippen molar-refractivity contribution in [1.82, 2.24) is 29.5 Å². The Kier molecular flexibility index (Phi) is 6.26. The Labute approximate surface area is 230 Å². The van der Waals surface area contributed by atoms with E-state index >= 15 is 0 Å². The Morgan fingerprint density at radius 3 is 2.79 bits per heavy atom. The summed E-state index contributed by atoms with van der Waals surface area (Å²) in [7, 11) is 1.93. The first kappa shape index (κ1) is 23.6. The molecule has 1 aliphatic carbocycles. The van der Waals surface area contributed by atoms with Crippen LogP contribution < -0.4 is 10.6 Å². The number of benzene rings is 2. The highest BCUT2D eigenvalue weighted by molar-refractivity contribution is 6.35. The van der Waals surface area contributed by atoms with Gasteiger partial charge in [0, 0.05) is 49.7 Å². The van der Waals surface area contributed by atoms with Crippen LogP contribution in [-0.2, 0) is 13.5 Å². The van der Waals surface area contributed by atoms with E-state index in [0.29, 0.717) is 57.1 Å². The molecule has 1 aliphatic rings. The summed E-state index contributed by atoms with van der Waals surface area (Å²) in [5.74, 6) is 0.500. The molecule has 11 heteroatoms. The van der Waals surface area contributed by atoms with Gasteiger partial charge in [0.05, 0.1) is 41.4 Å². The standard InChI is InChI=1S/C28H25ClFN9/c1-38-11-10-32-25(38)8-9-33-26-18(14-31)15-34-28-22(26)12-20(13-23(28)29)35-27(17-2-4-19(30)5-3-17)24-16-39(37-36-24)21-6-7-21/h2-5,10-13,15-16,21,27,35H,6-9H2,1H3,(H,33,34)/i27D. The minimum atomic E-state index is -1.61. The third kappa shape index (κ3) is 5.13. The molecule has 0 radical (unpaired) electrons. The SMILES string of the molecule is [2H]C(Nc1cc(Cl)c2ncc(C#N)c(NCCc3nccn3C)c2c1)(c1ccc(F)cc1)c1cn(C2CC2)nn1. The Morgan fingerprint density at radius 1 is 1.26 bits per heavy atom. The third-order valence-electron chi connectivity index (χ3n) is 6.71. The van der Waals surface area contributed by atoms with Crippen LogP contribution in [0.2, 0.25) is 5.02 Å². The molecule has 3 heterocycles. The van der Waals surface area contributed by atoms with Gasteiger partial charge in [0.2, 0.25) is 0 Å². The zero-order chi connectivity index (χ0) is 27.9. The molecule has 0 spiro atoms. The van der Waals surface area contributed by atoms with Crippen LogP contribution in [0.25, 0.3) is 10.9 Å². The van der Waals surface area contributed by atoms with Gasteiger partial charge < -0.3 is 15.2 Å². The van der Waals surface area contributed by atoms with Gasteiger partial charge in [-0.25, -0.2) is 14.1 Å². The van der Waals surface area contributed by atoms with Crippen LogP contribution in [0.1, 0.15) is 48.9 Å². The summed E-state index contributed by atoms with van der Waals surface area (Å²) in [6, 6.07) is 10.1. The van der Waals surface area contributed by atoms with E-state index in [-0.39, 0.29) is 6.04 Å². The largest absolute Gasteiger partial charge is 0.383 e. The summed E-state index contributed by atoms with van der Waals surface area (Å²) in [6.07, 6.45) is 9.54. The van der Waals surface area contributed by atoms with Crippen molar-refractivity contribution in [3.05, 3.63) is 94.7 Å². The third-order valence-corrected chi connectivity index (χ3v) is 6.99. The molecular weight excluding hydrogens is 517 g/mol. The van der Waals surface area contributed by atoms with Crippen LogP contribution in [0, 0.1) is 17.1 Å². The maximum Gasteiger partial charge on any atom is 0.123 e. The zero-order valence-corrected chi connectivity index (χ0v) is 21.8. The van der Waals surface area contributed by atoms with Crippen molar-refractivity contribution in [2.75, 3.05) is 17.2 Å².